The zero-order chi connectivity index (χ0) is 19.6. The molecule has 3 rings (SSSR count). The summed E-state index contributed by atoms with van der Waals surface area (Å²) >= 11 is 0. The van der Waals surface area contributed by atoms with Gasteiger partial charge in [-0.15, -0.1) is 0 Å². The largest absolute Gasteiger partial charge is 0.416 e. The van der Waals surface area contributed by atoms with Crippen molar-refractivity contribution < 1.29 is 22.4 Å². The minimum atomic E-state index is -4.39. The first kappa shape index (κ1) is 19.4. The Labute approximate surface area is 154 Å². The fourth-order valence-electron chi connectivity index (χ4n) is 3.45. The Hall–Kier alpha value is -2.41. The molecule has 2 aromatic carbocycles. The van der Waals surface area contributed by atoms with Crippen molar-refractivity contribution in [3.05, 3.63) is 71.0 Å². The van der Waals surface area contributed by atoms with Gasteiger partial charge in [-0.3, -0.25) is 4.79 Å². The van der Waals surface area contributed by atoms with Gasteiger partial charge in [-0.2, -0.15) is 13.2 Å². The second-order valence-electron chi connectivity index (χ2n) is 6.74. The SMILES string of the molecule is CC(NC(=O)C1CNCC1c1ccc(C(F)(F)F)cc1)c1ccccc1F. The van der Waals surface area contributed by atoms with Crippen molar-refractivity contribution in [1.82, 2.24) is 10.6 Å². The number of amides is 1. The van der Waals surface area contributed by atoms with Gasteiger partial charge in [0.2, 0.25) is 5.91 Å². The van der Waals surface area contributed by atoms with E-state index in [1.807, 2.05) is 0 Å². The highest BCUT2D eigenvalue weighted by Crippen LogP contribution is 2.33. The predicted molar refractivity (Wildman–Crippen MR) is 93.5 cm³/mol. The zero-order valence-electron chi connectivity index (χ0n) is 14.7. The molecular formula is C20H20F4N2O. The van der Waals surface area contributed by atoms with Gasteiger partial charge in [0, 0.05) is 24.6 Å². The van der Waals surface area contributed by atoms with E-state index in [1.165, 1.54) is 18.2 Å². The van der Waals surface area contributed by atoms with Gasteiger partial charge in [-0.05, 0) is 30.7 Å². The molecule has 0 spiro atoms. The molecule has 3 nitrogen and oxygen atoms in total. The number of hydrogen-bond acceptors (Lipinski definition) is 2. The van der Waals surface area contributed by atoms with E-state index in [2.05, 4.69) is 10.6 Å². The van der Waals surface area contributed by atoms with Gasteiger partial charge in [-0.25, -0.2) is 4.39 Å². The Kier molecular flexibility index (Phi) is 5.51. The fraction of sp³-hybridized carbons (Fsp3) is 0.350. The Balaban J connectivity index is 1.72. The lowest BCUT2D eigenvalue weighted by Gasteiger charge is -2.22. The number of halogens is 4. The van der Waals surface area contributed by atoms with Crippen LogP contribution >= 0.6 is 0 Å². The zero-order valence-corrected chi connectivity index (χ0v) is 14.7. The van der Waals surface area contributed by atoms with E-state index >= 15 is 0 Å². The summed E-state index contributed by atoms with van der Waals surface area (Å²) in [6.07, 6.45) is -4.39. The maximum Gasteiger partial charge on any atom is 0.416 e. The molecule has 2 aromatic rings. The summed E-state index contributed by atoms with van der Waals surface area (Å²) in [6, 6.07) is 10.6. The van der Waals surface area contributed by atoms with E-state index in [0.29, 0.717) is 24.2 Å². The fourth-order valence-corrected chi connectivity index (χ4v) is 3.45. The maximum absolute atomic E-state index is 13.9. The van der Waals surface area contributed by atoms with E-state index < -0.39 is 29.5 Å². The Morgan fingerprint density at radius 1 is 1.11 bits per heavy atom. The molecule has 0 aromatic heterocycles. The van der Waals surface area contributed by atoms with Gasteiger partial charge < -0.3 is 10.6 Å². The van der Waals surface area contributed by atoms with Crippen molar-refractivity contribution in [3.8, 4) is 0 Å². The van der Waals surface area contributed by atoms with Crippen molar-refractivity contribution in [2.24, 2.45) is 5.92 Å². The number of benzene rings is 2. The molecule has 7 heteroatoms. The molecule has 1 amide bonds. The van der Waals surface area contributed by atoms with Crippen molar-refractivity contribution in [3.63, 3.8) is 0 Å². The third kappa shape index (κ3) is 4.30. The topological polar surface area (TPSA) is 41.1 Å². The Morgan fingerprint density at radius 3 is 2.41 bits per heavy atom. The van der Waals surface area contributed by atoms with Crippen LogP contribution < -0.4 is 10.6 Å². The molecule has 0 aliphatic carbocycles. The molecule has 27 heavy (non-hydrogen) atoms. The molecule has 1 aliphatic heterocycles. The molecule has 3 unspecified atom stereocenters. The lowest BCUT2D eigenvalue weighted by atomic mass is 9.87. The third-order valence-corrected chi connectivity index (χ3v) is 4.95. The van der Waals surface area contributed by atoms with Crippen LogP contribution in [0, 0.1) is 11.7 Å². The first-order valence-corrected chi connectivity index (χ1v) is 8.70. The highest BCUT2D eigenvalue weighted by Gasteiger charge is 2.36. The van der Waals surface area contributed by atoms with E-state index in [-0.39, 0.29) is 11.8 Å². The van der Waals surface area contributed by atoms with Crippen LogP contribution in [0.15, 0.2) is 48.5 Å². The van der Waals surface area contributed by atoms with Crippen LogP contribution in [0.3, 0.4) is 0 Å². The van der Waals surface area contributed by atoms with E-state index in [0.717, 1.165) is 12.1 Å². The summed E-state index contributed by atoms with van der Waals surface area (Å²) < 4.78 is 52.1. The number of carbonyl (C=O) groups excluding carboxylic acids is 1. The van der Waals surface area contributed by atoms with Crippen molar-refractivity contribution >= 4 is 5.91 Å². The molecule has 1 fully saturated rings. The van der Waals surface area contributed by atoms with E-state index in [1.54, 1.807) is 25.1 Å². The lowest BCUT2D eigenvalue weighted by Crippen LogP contribution is -2.36. The van der Waals surface area contributed by atoms with Crippen LogP contribution in [0.2, 0.25) is 0 Å². The molecule has 0 radical (unpaired) electrons. The van der Waals surface area contributed by atoms with Crippen LogP contribution in [-0.2, 0) is 11.0 Å². The second kappa shape index (κ2) is 7.68. The Bertz CT molecular complexity index is 804. The van der Waals surface area contributed by atoms with Gasteiger partial charge in [0.15, 0.2) is 0 Å². The molecule has 3 atom stereocenters. The molecule has 144 valence electrons. The summed E-state index contributed by atoms with van der Waals surface area (Å²) in [6.45, 7) is 2.62. The van der Waals surface area contributed by atoms with Crippen LogP contribution in [0.1, 0.15) is 35.6 Å². The van der Waals surface area contributed by atoms with Crippen LogP contribution in [0.4, 0.5) is 17.6 Å². The standard InChI is InChI=1S/C20H20F4N2O/c1-12(15-4-2-3-5-18(15)21)26-19(27)17-11-25-10-16(17)13-6-8-14(9-7-13)20(22,23)24/h2-9,12,16-17,25H,10-11H2,1H3,(H,26,27). The summed E-state index contributed by atoms with van der Waals surface area (Å²) in [5, 5.41) is 5.93. The van der Waals surface area contributed by atoms with Gasteiger partial charge in [-0.1, -0.05) is 30.3 Å². The summed E-state index contributed by atoms with van der Waals surface area (Å²) in [5.41, 5.74) is 0.348. The normalized spacial score (nSPS) is 21.1. The molecule has 1 heterocycles. The number of alkyl halides is 3. The molecule has 0 bridgehead atoms. The van der Waals surface area contributed by atoms with Crippen molar-refractivity contribution in [2.45, 2.75) is 25.1 Å². The quantitative estimate of drug-likeness (QED) is 0.787. The highest BCUT2D eigenvalue weighted by atomic mass is 19.4. The number of nitrogens with one attached hydrogen (secondary N) is 2. The number of carbonyl (C=O) groups is 1. The minimum absolute atomic E-state index is 0.236. The average Bonchev–Trinajstić information content (AvgIpc) is 3.11. The number of rotatable bonds is 4. The first-order chi connectivity index (χ1) is 12.8. The van der Waals surface area contributed by atoms with Gasteiger partial charge in [0.25, 0.3) is 0 Å². The van der Waals surface area contributed by atoms with Crippen LogP contribution in [0.5, 0.6) is 0 Å². The summed E-state index contributed by atoms with van der Waals surface area (Å²) in [4.78, 5) is 12.7. The van der Waals surface area contributed by atoms with Gasteiger partial charge >= 0.3 is 6.18 Å². The maximum atomic E-state index is 13.9. The smallest absolute Gasteiger partial charge is 0.349 e. The second-order valence-corrected chi connectivity index (χ2v) is 6.74. The molecule has 0 saturated carbocycles. The van der Waals surface area contributed by atoms with E-state index in [4.69, 9.17) is 0 Å². The lowest BCUT2D eigenvalue weighted by molar-refractivity contribution is -0.137. The van der Waals surface area contributed by atoms with Crippen LogP contribution in [0.25, 0.3) is 0 Å². The number of hydrogen-bond donors (Lipinski definition) is 2. The first-order valence-electron chi connectivity index (χ1n) is 8.70. The minimum Gasteiger partial charge on any atom is -0.349 e. The summed E-state index contributed by atoms with van der Waals surface area (Å²) in [5.74, 6) is -1.31. The summed E-state index contributed by atoms with van der Waals surface area (Å²) in [7, 11) is 0. The third-order valence-electron chi connectivity index (χ3n) is 4.95. The van der Waals surface area contributed by atoms with Gasteiger partial charge in [0.1, 0.15) is 5.82 Å². The molecule has 1 aliphatic rings. The predicted octanol–water partition coefficient (Wildman–Crippen LogP) is 4.02. The average molecular weight is 380 g/mol. The van der Waals surface area contributed by atoms with E-state index in [9.17, 15) is 22.4 Å². The molecule has 2 N–H and O–H groups in total. The van der Waals surface area contributed by atoms with Gasteiger partial charge in [0.05, 0.1) is 17.5 Å². The van der Waals surface area contributed by atoms with Crippen molar-refractivity contribution in [2.75, 3.05) is 13.1 Å². The molecular weight excluding hydrogens is 360 g/mol. The Morgan fingerprint density at radius 2 is 1.78 bits per heavy atom. The highest BCUT2D eigenvalue weighted by molar-refractivity contribution is 5.81. The van der Waals surface area contributed by atoms with Crippen LogP contribution in [-0.4, -0.2) is 19.0 Å². The van der Waals surface area contributed by atoms with Crippen molar-refractivity contribution in [1.29, 1.82) is 0 Å². The monoisotopic (exact) mass is 380 g/mol. The molecule has 1 saturated heterocycles.